The molecular weight excluding hydrogens is 346 g/mol. The van der Waals surface area contributed by atoms with Crippen LogP contribution >= 0.6 is 0 Å². The summed E-state index contributed by atoms with van der Waals surface area (Å²) in [4.78, 5) is 39.2. The maximum atomic E-state index is 12.7. The van der Waals surface area contributed by atoms with Crippen LogP contribution in [0.1, 0.15) is 57.3 Å². The van der Waals surface area contributed by atoms with Crippen molar-refractivity contribution in [3.8, 4) is 5.75 Å². The highest BCUT2D eigenvalue weighted by Crippen LogP contribution is 2.34. The van der Waals surface area contributed by atoms with Crippen molar-refractivity contribution in [1.29, 1.82) is 0 Å². The van der Waals surface area contributed by atoms with E-state index in [1.54, 1.807) is 30.0 Å². The molecule has 0 radical (unpaired) electrons. The Bertz CT molecular complexity index is 771. The van der Waals surface area contributed by atoms with Gasteiger partial charge < -0.3 is 20.3 Å². The third kappa shape index (κ3) is 4.07. The zero-order chi connectivity index (χ0) is 19.8. The number of rotatable bonds is 2. The molecule has 1 aromatic carbocycles. The Labute approximate surface area is 159 Å². The van der Waals surface area contributed by atoms with Crippen molar-refractivity contribution >= 4 is 17.7 Å². The van der Waals surface area contributed by atoms with Gasteiger partial charge in [-0.2, -0.15) is 0 Å². The number of amides is 3. The first kappa shape index (κ1) is 19.2. The number of hydrogen-bond donors (Lipinski definition) is 2. The topological polar surface area (TPSA) is 87.7 Å². The molecular formula is C20H27N3O4. The molecule has 7 nitrogen and oxygen atoms in total. The summed E-state index contributed by atoms with van der Waals surface area (Å²) < 4.78 is 6.12. The van der Waals surface area contributed by atoms with E-state index in [0.29, 0.717) is 30.7 Å². The highest BCUT2D eigenvalue weighted by molar-refractivity contribution is 5.98. The Morgan fingerprint density at radius 3 is 2.67 bits per heavy atom. The zero-order valence-electron chi connectivity index (χ0n) is 16.3. The number of nitrogens with one attached hydrogen (secondary N) is 2. The van der Waals surface area contributed by atoms with E-state index in [-0.39, 0.29) is 29.7 Å². The first-order valence-electron chi connectivity index (χ1n) is 9.32. The molecule has 2 N–H and O–H groups in total. The maximum Gasteiger partial charge on any atom is 0.258 e. The van der Waals surface area contributed by atoms with Crippen molar-refractivity contribution in [2.75, 3.05) is 6.54 Å². The molecule has 2 atom stereocenters. The predicted molar refractivity (Wildman–Crippen MR) is 100 cm³/mol. The quantitative estimate of drug-likeness (QED) is 0.828. The molecule has 2 heterocycles. The van der Waals surface area contributed by atoms with Crippen LogP contribution in [0.2, 0.25) is 0 Å². The lowest BCUT2D eigenvalue weighted by atomic mass is 10.0. The average Bonchev–Trinajstić information content (AvgIpc) is 2.73. The molecule has 0 saturated carbocycles. The highest BCUT2D eigenvalue weighted by atomic mass is 16.5. The summed E-state index contributed by atoms with van der Waals surface area (Å²) in [5.74, 6) is 0.0304. The van der Waals surface area contributed by atoms with E-state index in [2.05, 4.69) is 10.6 Å². The lowest BCUT2D eigenvalue weighted by Crippen LogP contribution is -2.57. The Kier molecular flexibility index (Phi) is 4.88. The summed E-state index contributed by atoms with van der Waals surface area (Å²) in [6, 6.07) is 6.49. The van der Waals surface area contributed by atoms with E-state index < -0.39 is 11.8 Å². The zero-order valence-corrected chi connectivity index (χ0v) is 16.3. The van der Waals surface area contributed by atoms with E-state index in [1.807, 2.05) is 26.8 Å². The molecule has 2 aliphatic rings. The average molecular weight is 373 g/mol. The molecule has 1 spiro atoms. The number of carbonyl (C=O) groups is 3. The molecule has 1 aromatic rings. The van der Waals surface area contributed by atoms with Crippen molar-refractivity contribution in [2.24, 2.45) is 0 Å². The summed E-state index contributed by atoms with van der Waals surface area (Å²) in [7, 11) is 0. The van der Waals surface area contributed by atoms with Gasteiger partial charge in [0.1, 0.15) is 11.8 Å². The van der Waals surface area contributed by atoms with Crippen molar-refractivity contribution < 1.29 is 19.1 Å². The molecule has 3 rings (SSSR count). The Balaban J connectivity index is 1.76. The standard InChI is InChI=1S/C20H27N3O4/c1-13(17(25)21-19(2,3)4)23-12-11-20(10-9-16(23)24)22-18(26)14-7-5-6-8-15(14)27-20/h5-8,13H,9-12H2,1-4H3,(H,21,25)(H,22,26). The van der Waals surface area contributed by atoms with E-state index in [0.717, 1.165) is 0 Å². The Morgan fingerprint density at radius 2 is 1.96 bits per heavy atom. The molecule has 0 bridgehead atoms. The number of hydrogen-bond acceptors (Lipinski definition) is 4. The minimum absolute atomic E-state index is 0.111. The molecule has 1 saturated heterocycles. The number of para-hydroxylation sites is 1. The second-order valence-electron chi connectivity index (χ2n) is 8.30. The summed E-state index contributed by atoms with van der Waals surface area (Å²) in [6.07, 6.45) is 0.998. The summed E-state index contributed by atoms with van der Waals surface area (Å²) in [5, 5.41) is 5.85. The summed E-state index contributed by atoms with van der Waals surface area (Å²) in [5.41, 5.74) is -0.796. The van der Waals surface area contributed by atoms with E-state index in [4.69, 9.17) is 4.74 Å². The lowest BCUT2D eigenvalue weighted by molar-refractivity contribution is -0.140. The van der Waals surface area contributed by atoms with Crippen LogP contribution in [0.4, 0.5) is 0 Å². The van der Waals surface area contributed by atoms with Crippen molar-refractivity contribution in [1.82, 2.24) is 15.5 Å². The summed E-state index contributed by atoms with van der Waals surface area (Å²) in [6.45, 7) is 7.77. The molecule has 2 unspecified atom stereocenters. The van der Waals surface area contributed by atoms with Gasteiger partial charge in [-0.05, 0) is 39.8 Å². The van der Waals surface area contributed by atoms with Crippen LogP contribution in [0.5, 0.6) is 5.75 Å². The fourth-order valence-electron chi connectivity index (χ4n) is 3.51. The van der Waals surface area contributed by atoms with Crippen molar-refractivity contribution in [3.05, 3.63) is 29.8 Å². The minimum Gasteiger partial charge on any atom is -0.467 e. The highest BCUT2D eigenvalue weighted by Gasteiger charge is 2.43. The van der Waals surface area contributed by atoms with Gasteiger partial charge in [0.15, 0.2) is 5.72 Å². The van der Waals surface area contributed by atoms with Crippen LogP contribution in [0, 0.1) is 0 Å². The number of benzene rings is 1. The van der Waals surface area contributed by atoms with E-state index in [1.165, 1.54) is 0 Å². The van der Waals surface area contributed by atoms with Gasteiger partial charge in [-0.15, -0.1) is 0 Å². The van der Waals surface area contributed by atoms with Gasteiger partial charge in [-0.25, -0.2) is 0 Å². The van der Waals surface area contributed by atoms with Gasteiger partial charge >= 0.3 is 0 Å². The normalized spacial score (nSPS) is 23.8. The summed E-state index contributed by atoms with van der Waals surface area (Å²) >= 11 is 0. The maximum absolute atomic E-state index is 12.7. The number of nitrogens with zero attached hydrogens (tertiary/aromatic N) is 1. The van der Waals surface area contributed by atoms with Gasteiger partial charge in [0.2, 0.25) is 11.8 Å². The van der Waals surface area contributed by atoms with Gasteiger partial charge in [-0.1, -0.05) is 12.1 Å². The second-order valence-corrected chi connectivity index (χ2v) is 8.30. The molecule has 1 fully saturated rings. The molecule has 7 heteroatoms. The number of carbonyl (C=O) groups excluding carboxylic acids is 3. The monoisotopic (exact) mass is 373 g/mol. The Hall–Kier alpha value is -2.57. The second kappa shape index (κ2) is 6.87. The van der Waals surface area contributed by atoms with E-state index in [9.17, 15) is 14.4 Å². The first-order chi connectivity index (χ1) is 12.6. The fraction of sp³-hybridized carbons (Fsp3) is 0.550. The lowest BCUT2D eigenvalue weighted by Gasteiger charge is -2.38. The van der Waals surface area contributed by atoms with Gasteiger partial charge in [-0.3, -0.25) is 14.4 Å². The third-order valence-electron chi connectivity index (χ3n) is 4.94. The Morgan fingerprint density at radius 1 is 1.26 bits per heavy atom. The molecule has 3 amide bonds. The van der Waals surface area contributed by atoms with E-state index >= 15 is 0 Å². The molecule has 0 aromatic heterocycles. The predicted octanol–water partition coefficient (Wildman–Crippen LogP) is 1.82. The van der Waals surface area contributed by atoms with Crippen LogP contribution in [0.15, 0.2) is 24.3 Å². The number of likely N-dealkylation sites (tertiary alicyclic amines) is 1. The van der Waals surface area contributed by atoms with Gasteiger partial charge in [0, 0.05) is 31.3 Å². The first-order valence-corrected chi connectivity index (χ1v) is 9.32. The van der Waals surface area contributed by atoms with Crippen LogP contribution < -0.4 is 15.4 Å². The van der Waals surface area contributed by atoms with Crippen LogP contribution in [-0.2, 0) is 9.59 Å². The van der Waals surface area contributed by atoms with Crippen LogP contribution in [-0.4, -0.2) is 46.5 Å². The molecule has 146 valence electrons. The number of fused-ring (bicyclic) bond motifs is 1. The van der Waals surface area contributed by atoms with Crippen LogP contribution in [0.25, 0.3) is 0 Å². The minimum atomic E-state index is -0.921. The smallest absolute Gasteiger partial charge is 0.258 e. The SMILES string of the molecule is CC(C(=O)NC(C)(C)C)N1CCC2(CCC1=O)NC(=O)c1ccccc1O2. The van der Waals surface area contributed by atoms with Gasteiger partial charge in [0.25, 0.3) is 5.91 Å². The fourth-order valence-corrected chi connectivity index (χ4v) is 3.51. The van der Waals surface area contributed by atoms with Crippen molar-refractivity contribution in [3.63, 3.8) is 0 Å². The molecule has 0 aliphatic carbocycles. The van der Waals surface area contributed by atoms with Gasteiger partial charge in [0.05, 0.1) is 5.56 Å². The molecule has 27 heavy (non-hydrogen) atoms. The third-order valence-corrected chi connectivity index (χ3v) is 4.94. The van der Waals surface area contributed by atoms with Crippen molar-refractivity contribution in [2.45, 2.75) is 64.3 Å². The molecule has 2 aliphatic heterocycles. The number of ether oxygens (including phenoxy) is 1. The largest absolute Gasteiger partial charge is 0.467 e. The van der Waals surface area contributed by atoms with Crippen LogP contribution in [0.3, 0.4) is 0 Å².